The first-order chi connectivity index (χ1) is 9.70. The summed E-state index contributed by atoms with van der Waals surface area (Å²) in [5.41, 5.74) is 0. The molecule has 0 fully saturated rings. The molecule has 0 N–H and O–H groups in total. The minimum atomic E-state index is 0.695. The van der Waals surface area contributed by atoms with Crippen LogP contribution < -0.4 is 0 Å². The molecule has 0 saturated carbocycles. The Morgan fingerprint density at radius 3 is 1.65 bits per heavy atom. The van der Waals surface area contributed by atoms with Gasteiger partial charge in [0.15, 0.2) is 0 Å². The summed E-state index contributed by atoms with van der Waals surface area (Å²) in [6.45, 7) is 4.65. The molecular weight excluding hydrogens is 365 g/mol. The Morgan fingerprint density at radius 2 is 1.15 bits per heavy atom. The molecule has 0 amide bonds. The van der Waals surface area contributed by atoms with E-state index in [1.165, 1.54) is 16.9 Å². The second-order valence-corrected chi connectivity index (χ2v) is 12.2. The third-order valence-electron chi connectivity index (χ3n) is 2.96. The second kappa shape index (κ2) is 5.70. The van der Waals surface area contributed by atoms with E-state index in [0.29, 0.717) is 10.5 Å². The van der Waals surface area contributed by atoms with Crippen LogP contribution in [0.3, 0.4) is 0 Å². The molecule has 3 aliphatic heterocycles. The minimum absolute atomic E-state index is 0.695. The third-order valence-corrected chi connectivity index (χ3v) is 12.1. The Kier molecular flexibility index (Phi) is 4.06. The summed E-state index contributed by atoms with van der Waals surface area (Å²) in [4.78, 5) is 8.80. The van der Waals surface area contributed by atoms with Crippen molar-refractivity contribution < 1.29 is 0 Å². The van der Waals surface area contributed by atoms with Crippen molar-refractivity contribution in [3.63, 3.8) is 0 Å². The molecule has 1 aromatic heterocycles. The summed E-state index contributed by atoms with van der Waals surface area (Å²) in [5.74, 6) is 0. The molecule has 4 rings (SSSR count). The Labute approximate surface area is 143 Å². The van der Waals surface area contributed by atoms with E-state index in [9.17, 15) is 0 Å². The van der Waals surface area contributed by atoms with Crippen molar-refractivity contribution in [1.82, 2.24) is 9.97 Å². The Hall–Kier alpha value is 0.660. The van der Waals surface area contributed by atoms with Crippen molar-refractivity contribution in [2.45, 2.75) is 34.4 Å². The summed E-state index contributed by atoms with van der Waals surface area (Å²) in [7, 11) is 0. The summed E-state index contributed by atoms with van der Waals surface area (Å²) < 4.78 is 5.74. The predicted octanol–water partition coefficient (Wildman–Crippen LogP) is 5.66. The van der Waals surface area contributed by atoms with E-state index < -0.39 is 0 Å². The van der Waals surface area contributed by atoms with Gasteiger partial charge in [-0.15, -0.1) is 23.5 Å². The van der Waals surface area contributed by atoms with Crippen LogP contribution in [0.5, 0.6) is 0 Å². The fourth-order valence-electron chi connectivity index (χ4n) is 1.76. The van der Waals surface area contributed by atoms with Gasteiger partial charge in [0, 0.05) is 22.9 Å². The van der Waals surface area contributed by atoms with Gasteiger partial charge in [-0.3, -0.25) is 0 Å². The van der Waals surface area contributed by atoms with Crippen LogP contribution in [0.15, 0.2) is 39.4 Å². The smallest absolute Gasteiger partial charge is 0.134 e. The maximum atomic E-state index is 4.40. The number of thioether (sulfide) groups is 6. The van der Waals surface area contributed by atoms with Crippen molar-refractivity contribution in [2.75, 3.05) is 0 Å². The molecule has 0 saturated heterocycles. The Balaban J connectivity index is 1.58. The molecule has 4 heterocycles. The molecule has 3 aliphatic rings. The van der Waals surface area contributed by atoms with Crippen molar-refractivity contribution in [2.24, 2.45) is 0 Å². The van der Waals surface area contributed by atoms with E-state index in [0.717, 1.165) is 10.1 Å². The van der Waals surface area contributed by atoms with E-state index >= 15 is 0 Å². The van der Waals surface area contributed by atoms with Crippen molar-refractivity contribution in [1.29, 1.82) is 0 Å². The zero-order valence-electron chi connectivity index (χ0n) is 10.7. The molecule has 0 spiro atoms. The Morgan fingerprint density at radius 1 is 0.700 bits per heavy atom. The van der Waals surface area contributed by atoms with Crippen LogP contribution in [0.25, 0.3) is 0 Å². The highest BCUT2D eigenvalue weighted by Gasteiger charge is 2.35. The lowest BCUT2D eigenvalue weighted by atomic mass is 10.4. The van der Waals surface area contributed by atoms with Crippen LogP contribution in [-0.4, -0.2) is 20.5 Å². The lowest BCUT2D eigenvalue weighted by Gasteiger charge is -2.24. The molecule has 20 heavy (non-hydrogen) atoms. The molecule has 2 unspecified atom stereocenters. The molecule has 2 atom stereocenters. The van der Waals surface area contributed by atoms with Crippen LogP contribution in [-0.2, 0) is 0 Å². The van der Waals surface area contributed by atoms with Gasteiger partial charge in [-0.25, -0.2) is 9.97 Å². The average molecular weight is 375 g/mol. The number of hydrogen-bond donors (Lipinski definition) is 0. The van der Waals surface area contributed by atoms with E-state index in [1.54, 1.807) is 35.9 Å². The van der Waals surface area contributed by atoms with Gasteiger partial charge in [0.1, 0.15) is 10.1 Å². The molecule has 2 nitrogen and oxygen atoms in total. The highest BCUT2D eigenvalue weighted by molar-refractivity contribution is 8.42. The summed E-state index contributed by atoms with van der Waals surface area (Å²) in [6, 6.07) is 0. The van der Waals surface area contributed by atoms with E-state index in [2.05, 4.69) is 23.8 Å². The summed E-state index contributed by atoms with van der Waals surface area (Å²) in [6.07, 6.45) is 3.54. The SMILES string of the molecule is CC1SC2=C(SC(=C3Sc4nccnc4S3)S2)SC1C. The first kappa shape index (κ1) is 14.3. The number of aromatic nitrogens is 2. The van der Waals surface area contributed by atoms with Gasteiger partial charge in [-0.1, -0.05) is 60.9 Å². The number of fused-ring (bicyclic) bond motifs is 1. The quantitative estimate of drug-likeness (QED) is 0.573. The molecular formula is C12H10N2S6. The lowest BCUT2D eigenvalue weighted by Crippen LogP contribution is -2.14. The van der Waals surface area contributed by atoms with Gasteiger partial charge in [-0.05, 0) is 0 Å². The van der Waals surface area contributed by atoms with Crippen molar-refractivity contribution in [3.8, 4) is 0 Å². The van der Waals surface area contributed by atoms with Gasteiger partial charge in [0.25, 0.3) is 0 Å². The third kappa shape index (κ3) is 2.56. The molecule has 0 aromatic carbocycles. The largest absolute Gasteiger partial charge is 0.245 e. The maximum Gasteiger partial charge on any atom is 0.134 e. The number of rotatable bonds is 0. The normalized spacial score (nSPS) is 28.9. The van der Waals surface area contributed by atoms with Crippen LogP contribution >= 0.6 is 70.6 Å². The molecule has 8 heteroatoms. The highest BCUT2D eigenvalue weighted by Crippen LogP contribution is 2.66. The average Bonchev–Trinajstić information content (AvgIpc) is 3.02. The fraction of sp³-hybridized carbons (Fsp3) is 0.333. The van der Waals surface area contributed by atoms with Gasteiger partial charge in [-0.2, -0.15) is 0 Å². The minimum Gasteiger partial charge on any atom is -0.245 e. The zero-order chi connectivity index (χ0) is 13.7. The summed E-state index contributed by atoms with van der Waals surface area (Å²) >= 11 is 11.5. The van der Waals surface area contributed by atoms with Gasteiger partial charge < -0.3 is 0 Å². The Bertz CT molecular complexity index is 590. The topological polar surface area (TPSA) is 25.8 Å². The van der Waals surface area contributed by atoms with Crippen LogP contribution in [0.2, 0.25) is 0 Å². The second-order valence-electron chi connectivity index (χ2n) is 4.37. The molecule has 0 bridgehead atoms. The fourth-order valence-corrected chi connectivity index (χ4v) is 10.8. The molecule has 0 aliphatic carbocycles. The predicted molar refractivity (Wildman–Crippen MR) is 97.1 cm³/mol. The van der Waals surface area contributed by atoms with Crippen molar-refractivity contribution in [3.05, 3.63) is 29.3 Å². The van der Waals surface area contributed by atoms with E-state index in [4.69, 9.17) is 0 Å². The maximum absolute atomic E-state index is 4.40. The van der Waals surface area contributed by atoms with Gasteiger partial charge in [0.2, 0.25) is 0 Å². The number of nitrogens with zero attached hydrogens (tertiary/aromatic N) is 2. The van der Waals surface area contributed by atoms with Gasteiger partial charge >= 0.3 is 0 Å². The van der Waals surface area contributed by atoms with Crippen LogP contribution in [0.1, 0.15) is 13.8 Å². The first-order valence-corrected chi connectivity index (χ1v) is 11.1. The molecule has 104 valence electrons. The molecule has 1 aromatic rings. The standard InChI is InChI=1S/C12H10N2S6/c1-5-6(2)16-10-9(15-5)19-12(20-10)11-17-7-8(18-11)14-4-3-13-7/h3-6H,1-2H3. The van der Waals surface area contributed by atoms with E-state index in [1.807, 2.05) is 47.0 Å². The van der Waals surface area contributed by atoms with Gasteiger partial charge in [0.05, 0.1) is 16.9 Å². The van der Waals surface area contributed by atoms with Crippen LogP contribution in [0.4, 0.5) is 0 Å². The zero-order valence-corrected chi connectivity index (χ0v) is 15.6. The number of hydrogen-bond acceptors (Lipinski definition) is 8. The van der Waals surface area contributed by atoms with Crippen molar-refractivity contribution >= 4 is 70.6 Å². The summed E-state index contributed by atoms with van der Waals surface area (Å²) in [5, 5.41) is 3.49. The first-order valence-electron chi connectivity index (χ1n) is 6.05. The lowest BCUT2D eigenvalue weighted by molar-refractivity contribution is 0.930. The highest BCUT2D eigenvalue weighted by atomic mass is 32.3. The monoisotopic (exact) mass is 374 g/mol. The van der Waals surface area contributed by atoms with E-state index in [-0.39, 0.29) is 0 Å². The molecule has 0 radical (unpaired) electrons. The van der Waals surface area contributed by atoms with Crippen LogP contribution in [0, 0.1) is 0 Å².